The van der Waals surface area contributed by atoms with Crippen LogP contribution in [0.4, 0.5) is 5.69 Å². The molecular weight excluding hydrogens is 514 g/mol. The second kappa shape index (κ2) is 14.7. The summed E-state index contributed by atoms with van der Waals surface area (Å²) in [4.78, 5) is 30.9. The minimum absolute atomic E-state index is 0.0847. The van der Waals surface area contributed by atoms with E-state index < -0.39 is 0 Å². The van der Waals surface area contributed by atoms with Crippen LogP contribution in [0.1, 0.15) is 70.5 Å². The molecule has 1 heterocycles. The minimum Gasteiger partial charge on any atom is -0.493 e. The minimum atomic E-state index is -0.215. The third-order valence-corrected chi connectivity index (χ3v) is 7.84. The molecule has 1 N–H and O–H groups in total. The van der Waals surface area contributed by atoms with Crippen LogP contribution in [0.15, 0.2) is 60.7 Å². The van der Waals surface area contributed by atoms with Crippen molar-refractivity contribution < 1.29 is 19.1 Å². The van der Waals surface area contributed by atoms with E-state index in [1.165, 1.54) is 29.5 Å². The maximum absolute atomic E-state index is 13.6. The first-order valence-electron chi connectivity index (χ1n) is 14.7. The number of benzene rings is 3. The molecule has 0 fully saturated rings. The average Bonchev–Trinajstić information content (AvgIpc) is 3.01. The monoisotopic (exact) mass is 557 g/mol. The Morgan fingerprint density at radius 1 is 0.927 bits per heavy atom. The van der Waals surface area contributed by atoms with E-state index in [4.69, 9.17) is 9.47 Å². The van der Waals surface area contributed by atoms with Gasteiger partial charge in [-0.3, -0.25) is 14.5 Å². The van der Waals surface area contributed by atoms with Gasteiger partial charge in [0.25, 0.3) is 11.8 Å². The third-order valence-electron chi connectivity index (χ3n) is 7.84. The van der Waals surface area contributed by atoms with Gasteiger partial charge in [-0.1, -0.05) is 44.0 Å². The zero-order valence-corrected chi connectivity index (χ0v) is 24.9. The Morgan fingerprint density at radius 3 is 2.32 bits per heavy atom. The number of aryl methyl sites for hydroxylation is 1. The number of fused-ring (bicyclic) bond motifs is 1. The molecule has 0 aliphatic carbocycles. The van der Waals surface area contributed by atoms with E-state index in [0.717, 1.165) is 50.4 Å². The molecule has 0 saturated heterocycles. The number of carbonyl (C=O) groups is 2. The molecule has 7 heteroatoms. The van der Waals surface area contributed by atoms with Crippen LogP contribution < -0.4 is 14.8 Å². The molecule has 0 saturated carbocycles. The van der Waals surface area contributed by atoms with Crippen LogP contribution in [0.5, 0.6) is 11.5 Å². The van der Waals surface area contributed by atoms with Crippen LogP contribution in [0, 0.1) is 0 Å². The Labute approximate surface area is 244 Å². The molecule has 41 heavy (non-hydrogen) atoms. The number of carbonyl (C=O) groups excluding carboxylic acids is 2. The summed E-state index contributed by atoms with van der Waals surface area (Å²) in [5.41, 5.74) is 5.35. The molecule has 4 rings (SSSR count). The SMILES string of the molecule is CCCCCc1ccc(C(=O)Nc2ccccc2C(=O)N(CC)CCN2CCc3cc(OC)c(OC)cc3C2)cc1. The number of nitrogens with one attached hydrogen (secondary N) is 1. The number of likely N-dealkylation sites (N-methyl/N-ethyl adjacent to an activating group) is 1. The van der Waals surface area contributed by atoms with E-state index in [0.29, 0.717) is 29.9 Å². The van der Waals surface area contributed by atoms with Crippen LogP contribution in [-0.2, 0) is 19.4 Å². The normalized spacial score (nSPS) is 12.9. The van der Waals surface area contributed by atoms with E-state index >= 15 is 0 Å². The Bertz CT molecular complexity index is 1320. The highest BCUT2D eigenvalue weighted by Gasteiger charge is 2.23. The van der Waals surface area contributed by atoms with E-state index in [9.17, 15) is 9.59 Å². The molecule has 218 valence electrons. The molecule has 1 aliphatic rings. The van der Waals surface area contributed by atoms with Crippen molar-refractivity contribution in [1.82, 2.24) is 9.80 Å². The van der Waals surface area contributed by atoms with Crippen molar-refractivity contribution in [3.8, 4) is 11.5 Å². The summed E-state index contributed by atoms with van der Waals surface area (Å²) in [7, 11) is 3.31. The Hall–Kier alpha value is -3.84. The van der Waals surface area contributed by atoms with Crippen LogP contribution in [0.25, 0.3) is 0 Å². The van der Waals surface area contributed by atoms with Gasteiger partial charge in [-0.25, -0.2) is 0 Å². The number of para-hydroxylation sites is 1. The van der Waals surface area contributed by atoms with Gasteiger partial charge in [0, 0.05) is 38.3 Å². The van der Waals surface area contributed by atoms with Gasteiger partial charge in [0.2, 0.25) is 0 Å². The maximum atomic E-state index is 13.6. The largest absolute Gasteiger partial charge is 0.493 e. The van der Waals surface area contributed by atoms with Crippen molar-refractivity contribution in [2.45, 2.75) is 52.5 Å². The number of rotatable bonds is 13. The molecule has 1 aliphatic heterocycles. The average molecular weight is 558 g/mol. The van der Waals surface area contributed by atoms with E-state index in [1.54, 1.807) is 26.4 Å². The van der Waals surface area contributed by atoms with E-state index in [-0.39, 0.29) is 11.8 Å². The van der Waals surface area contributed by atoms with Crippen molar-refractivity contribution in [2.24, 2.45) is 0 Å². The van der Waals surface area contributed by atoms with Gasteiger partial charge >= 0.3 is 0 Å². The standard InChI is InChI=1S/C34H43N3O4/c1-5-7-8-11-25-14-16-26(17-15-25)33(38)35-30-13-10-9-12-29(30)34(39)37(6-2)21-20-36-19-18-27-22-31(40-3)32(41-4)23-28(27)24-36/h9-10,12-17,22-23H,5-8,11,18-21,24H2,1-4H3,(H,35,38). The number of amides is 2. The van der Waals surface area contributed by atoms with Crippen LogP contribution in [0.2, 0.25) is 0 Å². The molecule has 0 atom stereocenters. The molecule has 3 aromatic rings. The van der Waals surface area contributed by atoms with Crippen LogP contribution in [-0.4, -0.2) is 62.0 Å². The van der Waals surface area contributed by atoms with Gasteiger partial charge in [-0.15, -0.1) is 0 Å². The summed E-state index contributed by atoms with van der Waals surface area (Å²) in [6.07, 6.45) is 5.49. The van der Waals surface area contributed by atoms with Crippen molar-refractivity contribution >= 4 is 17.5 Å². The summed E-state index contributed by atoms with van der Waals surface area (Å²) in [6.45, 7) is 7.83. The Balaban J connectivity index is 1.38. The summed E-state index contributed by atoms with van der Waals surface area (Å²) >= 11 is 0. The Kier molecular flexibility index (Phi) is 10.8. The second-order valence-corrected chi connectivity index (χ2v) is 10.5. The summed E-state index contributed by atoms with van der Waals surface area (Å²) in [5.74, 6) is 1.19. The second-order valence-electron chi connectivity index (χ2n) is 10.5. The lowest BCUT2D eigenvalue weighted by Gasteiger charge is -2.31. The van der Waals surface area contributed by atoms with Crippen molar-refractivity contribution in [1.29, 1.82) is 0 Å². The van der Waals surface area contributed by atoms with Gasteiger partial charge < -0.3 is 19.7 Å². The molecule has 7 nitrogen and oxygen atoms in total. The lowest BCUT2D eigenvalue weighted by molar-refractivity contribution is 0.0742. The van der Waals surface area contributed by atoms with Crippen molar-refractivity contribution in [3.63, 3.8) is 0 Å². The summed E-state index contributed by atoms with van der Waals surface area (Å²) in [5, 5.41) is 2.98. The molecule has 0 spiro atoms. The molecule has 0 unspecified atom stereocenters. The van der Waals surface area contributed by atoms with Crippen LogP contribution >= 0.6 is 0 Å². The highest BCUT2D eigenvalue weighted by molar-refractivity contribution is 6.09. The fourth-order valence-corrected chi connectivity index (χ4v) is 5.34. The first-order valence-corrected chi connectivity index (χ1v) is 14.7. The summed E-state index contributed by atoms with van der Waals surface area (Å²) < 4.78 is 11.0. The first kappa shape index (κ1) is 30.1. The fraction of sp³-hybridized carbons (Fsp3) is 0.412. The maximum Gasteiger partial charge on any atom is 0.255 e. The molecule has 3 aromatic carbocycles. The molecule has 0 aromatic heterocycles. The lowest BCUT2D eigenvalue weighted by Crippen LogP contribution is -2.40. The highest BCUT2D eigenvalue weighted by Crippen LogP contribution is 2.33. The molecule has 0 bridgehead atoms. The van der Waals surface area contributed by atoms with Gasteiger partial charge in [0.05, 0.1) is 25.5 Å². The number of nitrogens with zero attached hydrogens (tertiary/aromatic N) is 2. The predicted molar refractivity (Wildman–Crippen MR) is 164 cm³/mol. The fourth-order valence-electron chi connectivity index (χ4n) is 5.34. The highest BCUT2D eigenvalue weighted by atomic mass is 16.5. The van der Waals surface area contributed by atoms with Gasteiger partial charge in [-0.05, 0) is 79.3 Å². The van der Waals surface area contributed by atoms with Crippen molar-refractivity contribution in [3.05, 3.63) is 88.5 Å². The lowest BCUT2D eigenvalue weighted by atomic mass is 9.99. The zero-order chi connectivity index (χ0) is 29.2. The van der Waals surface area contributed by atoms with Crippen molar-refractivity contribution in [2.75, 3.05) is 45.7 Å². The molecule has 2 amide bonds. The van der Waals surface area contributed by atoms with Crippen LogP contribution in [0.3, 0.4) is 0 Å². The van der Waals surface area contributed by atoms with E-state index in [2.05, 4.69) is 29.3 Å². The predicted octanol–water partition coefficient (Wildman–Crippen LogP) is 6.21. The third kappa shape index (κ3) is 7.67. The number of anilines is 1. The molecule has 0 radical (unpaired) electrons. The summed E-state index contributed by atoms with van der Waals surface area (Å²) in [6, 6.07) is 19.2. The number of hydrogen-bond donors (Lipinski definition) is 1. The smallest absolute Gasteiger partial charge is 0.255 e. The molecular formula is C34H43N3O4. The topological polar surface area (TPSA) is 71.1 Å². The number of unbranched alkanes of at least 4 members (excludes halogenated alkanes) is 2. The quantitative estimate of drug-likeness (QED) is 0.253. The number of hydrogen-bond acceptors (Lipinski definition) is 5. The van der Waals surface area contributed by atoms with Gasteiger partial charge in [0.15, 0.2) is 11.5 Å². The first-order chi connectivity index (χ1) is 20.0. The van der Waals surface area contributed by atoms with Gasteiger partial charge in [-0.2, -0.15) is 0 Å². The van der Waals surface area contributed by atoms with Gasteiger partial charge in [0.1, 0.15) is 0 Å². The van der Waals surface area contributed by atoms with E-state index in [1.807, 2.05) is 48.2 Å². The Morgan fingerprint density at radius 2 is 1.63 bits per heavy atom. The number of methoxy groups -OCH3 is 2. The zero-order valence-electron chi connectivity index (χ0n) is 24.9. The number of ether oxygens (including phenoxy) is 2.